The molecule has 0 bridgehead atoms. The van der Waals surface area contributed by atoms with Crippen molar-refractivity contribution < 1.29 is 19.0 Å². The fraction of sp³-hybridized carbons (Fsp3) is 0.333. The number of nitrogens with zero attached hydrogens (tertiary/aromatic N) is 1. The molecule has 0 aliphatic carbocycles. The van der Waals surface area contributed by atoms with Crippen molar-refractivity contribution in [1.29, 1.82) is 0 Å². The maximum Gasteiger partial charge on any atom is 0.356 e. The molecule has 3 aliphatic heterocycles. The number of hydrogen-bond acceptors (Lipinski definition) is 5. The second-order valence-electron chi connectivity index (χ2n) is 6.70. The first-order valence-electron chi connectivity index (χ1n) is 7.95. The van der Waals surface area contributed by atoms with E-state index in [1.54, 1.807) is 12.4 Å². The number of H-pyrrole nitrogens is 1. The zero-order valence-electron chi connectivity index (χ0n) is 13.4. The van der Waals surface area contributed by atoms with Gasteiger partial charge in [-0.2, -0.15) is 0 Å². The van der Waals surface area contributed by atoms with Gasteiger partial charge in [-0.15, -0.1) is 0 Å². The number of fused-ring (bicyclic) bond motifs is 7. The average molecular weight is 324 g/mol. The van der Waals surface area contributed by atoms with E-state index in [1.165, 1.54) is 0 Å². The molecular weight excluding hydrogens is 308 g/mol. The van der Waals surface area contributed by atoms with E-state index < -0.39 is 5.60 Å². The van der Waals surface area contributed by atoms with Crippen LogP contribution in [0.4, 0.5) is 0 Å². The van der Waals surface area contributed by atoms with Gasteiger partial charge in [-0.1, -0.05) is 6.08 Å². The molecule has 5 rings (SSSR count). The highest BCUT2D eigenvalue weighted by Gasteiger charge is 2.44. The van der Waals surface area contributed by atoms with Crippen LogP contribution in [0.5, 0.6) is 5.75 Å². The number of rotatable bonds is 0. The van der Waals surface area contributed by atoms with Gasteiger partial charge < -0.3 is 19.2 Å². The van der Waals surface area contributed by atoms with Gasteiger partial charge in [-0.3, -0.25) is 4.98 Å². The monoisotopic (exact) mass is 324 g/mol. The van der Waals surface area contributed by atoms with E-state index in [-0.39, 0.29) is 12.1 Å². The van der Waals surface area contributed by atoms with Crippen LogP contribution in [0.15, 0.2) is 24.5 Å². The standard InChI is InChI=1S/C18H16N2O4/c1-18(2)14-13-9-4-6-22-8-12(9)23-17(21)16(13)20-15(14)10-3-5-19-7-11(10)24-18/h3-5,7,12,20H,6,8H2,1-2H3. The van der Waals surface area contributed by atoms with Crippen LogP contribution in [0.1, 0.15) is 35.5 Å². The van der Waals surface area contributed by atoms with Crippen LogP contribution in [-0.4, -0.2) is 35.3 Å². The Hall–Kier alpha value is -2.60. The molecule has 6 heteroatoms. The summed E-state index contributed by atoms with van der Waals surface area (Å²) in [5, 5.41) is 0. The lowest BCUT2D eigenvalue weighted by atomic mass is 9.83. The Bertz CT molecular complexity index is 910. The van der Waals surface area contributed by atoms with E-state index in [9.17, 15) is 4.79 Å². The van der Waals surface area contributed by atoms with Crippen LogP contribution in [-0.2, 0) is 15.1 Å². The molecule has 3 aliphatic rings. The largest absolute Gasteiger partial charge is 0.481 e. The highest BCUT2D eigenvalue weighted by Crippen LogP contribution is 2.50. The van der Waals surface area contributed by atoms with E-state index in [0.29, 0.717) is 24.7 Å². The number of aromatic nitrogens is 2. The fourth-order valence-corrected chi connectivity index (χ4v) is 3.83. The number of carbonyl (C=O) groups excluding carboxylic acids is 1. The van der Waals surface area contributed by atoms with Crippen LogP contribution in [0.3, 0.4) is 0 Å². The molecule has 6 nitrogen and oxygen atoms in total. The minimum Gasteiger partial charge on any atom is -0.481 e. The molecule has 2 aromatic rings. The molecule has 0 radical (unpaired) electrons. The van der Waals surface area contributed by atoms with Crippen molar-refractivity contribution >= 4 is 11.5 Å². The predicted octanol–water partition coefficient (Wildman–Crippen LogP) is 2.66. The molecule has 0 saturated carbocycles. The van der Waals surface area contributed by atoms with E-state index in [0.717, 1.165) is 28.0 Å². The second kappa shape index (κ2) is 4.48. The number of nitrogens with one attached hydrogen (secondary N) is 1. The van der Waals surface area contributed by atoms with Crippen LogP contribution in [0, 0.1) is 0 Å². The van der Waals surface area contributed by atoms with Gasteiger partial charge in [0.1, 0.15) is 17.0 Å². The van der Waals surface area contributed by atoms with Crippen molar-refractivity contribution in [3.05, 3.63) is 41.4 Å². The third-order valence-corrected chi connectivity index (χ3v) is 4.80. The SMILES string of the molecule is CC1(C)Oc2cnccc2-c2[nH]c3c(c21)C1=CCOCC1OC3=O. The van der Waals surface area contributed by atoms with E-state index >= 15 is 0 Å². The first-order chi connectivity index (χ1) is 11.6. The zero-order chi connectivity index (χ0) is 16.5. The number of ether oxygens (including phenoxy) is 3. The van der Waals surface area contributed by atoms with Crippen molar-refractivity contribution in [2.75, 3.05) is 13.2 Å². The van der Waals surface area contributed by atoms with Crippen LogP contribution < -0.4 is 4.74 Å². The molecule has 24 heavy (non-hydrogen) atoms. The van der Waals surface area contributed by atoms with Gasteiger partial charge in [0.05, 0.1) is 25.1 Å². The molecule has 0 fully saturated rings. The molecule has 0 amide bonds. The third-order valence-electron chi connectivity index (χ3n) is 4.80. The summed E-state index contributed by atoms with van der Waals surface area (Å²) in [5.74, 6) is 0.359. The number of esters is 1. The van der Waals surface area contributed by atoms with Gasteiger partial charge in [0.2, 0.25) is 0 Å². The van der Waals surface area contributed by atoms with Gasteiger partial charge in [0.25, 0.3) is 0 Å². The Kier molecular flexibility index (Phi) is 2.58. The van der Waals surface area contributed by atoms with Crippen molar-refractivity contribution in [3.8, 4) is 17.0 Å². The maximum absolute atomic E-state index is 12.5. The summed E-state index contributed by atoms with van der Waals surface area (Å²) in [6, 6.07) is 1.90. The highest BCUT2D eigenvalue weighted by molar-refractivity contribution is 6.01. The van der Waals surface area contributed by atoms with Gasteiger partial charge in [-0.05, 0) is 19.9 Å². The molecule has 1 unspecified atom stereocenters. The summed E-state index contributed by atoms with van der Waals surface area (Å²) in [7, 11) is 0. The second-order valence-corrected chi connectivity index (χ2v) is 6.70. The molecule has 0 spiro atoms. The summed E-state index contributed by atoms with van der Waals surface area (Å²) in [5.41, 5.74) is 4.61. The van der Waals surface area contributed by atoms with Crippen molar-refractivity contribution in [3.63, 3.8) is 0 Å². The Morgan fingerprint density at radius 2 is 2.21 bits per heavy atom. The van der Waals surface area contributed by atoms with Crippen molar-refractivity contribution in [1.82, 2.24) is 9.97 Å². The number of pyridine rings is 1. The van der Waals surface area contributed by atoms with Gasteiger partial charge >= 0.3 is 5.97 Å². The van der Waals surface area contributed by atoms with Crippen LogP contribution in [0.2, 0.25) is 0 Å². The van der Waals surface area contributed by atoms with E-state index in [2.05, 4.69) is 9.97 Å². The third kappa shape index (κ3) is 1.69. The van der Waals surface area contributed by atoms with Gasteiger partial charge in [-0.25, -0.2) is 4.79 Å². The van der Waals surface area contributed by atoms with Crippen LogP contribution >= 0.6 is 0 Å². The molecular formula is C18H16N2O4. The summed E-state index contributed by atoms with van der Waals surface area (Å²) in [6.07, 6.45) is 5.06. The smallest absolute Gasteiger partial charge is 0.356 e. The molecule has 0 aromatic carbocycles. The Morgan fingerprint density at radius 1 is 1.33 bits per heavy atom. The number of aromatic amines is 1. The molecule has 122 valence electrons. The molecule has 1 N–H and O–H groups in total. The number of carbonyl (C=O) groups is 1. The molecule has 5 heterocycles. The summed E-state index contributed by atoms with van der Waals surface area (Å²) >= 11 is 0. The van der Waals surface area contributed by atoms with Crippen molar-refractivity contribution in [2.24, 2.45) is 0 Å². The predicted molar refractivity (Wildman–Crippen MR) is 85.7 cm³/mol. The Balaban J connectivity index is 1.85. The van der Waals surface area contributed by atoms with Crippen LogP contribution in [0.25, 0.3) is 16.8 Å². The first kappa shape index (κ1) is 13.8. The lowest BCUT2D eigenvalue weighted by molar-refractivity contribution is 0.0108. The fourth-order valence-electron chi connectivity index (χ4n) is 3.83. The summed E-state index contributed by atoms with van der Waals surface area (Å²) in [4.78, 5) is 19.9. The minimum absolute atomic E-state index is 0.349. The maximum atomic E-state index is 12.5. The normalized spacial score (nSPS) is 23.0. The average Bonchev–Trinajstić information content (AvgIpc) is 2.97. The van der Waals surface area contributed by atoms with E-state index in [4.69, 9.17) is 14.2 Å². The lowest BCUT2D eigenvalue weighted by Crippen LogP contribution is -2.35. The summed E-state index contributed by atoms with van der Waals surface area (Å²) in [6.45, 7) is 4.92. The number of hydrogen-bond donors (Lipinski definition) is 1. The Labute approximate surface area is 138 Å². The summed E-state index contributed by atoms with van der Waals surface area (Å²) < 4.78 is 17.2. The molecule has 1 atom stereocenters. The van der Waals surface area contributed by atoms with Crippen molar-refractivity contribution in [2.45, 2.75) is 25.6 Å². The minimum atomic E-state index is -0.587. The topological polar surface area (TPSA) is 73.4 Å². The first-order valence-corrected chi connectivity index (χ1v) is 7.95. The van der Waals surface area contributed by atoms with Gasteiger partial charge in [0, 0.05) is 28.5 Å². The Morgan fingerprint density at radius 3 is 3.08 bits per heavy atom. The quantitative estimate of drug-likeness (QED) is 0.754. The van der Waals surface area contributed by atoms with E-state index in [1.807, 2.05) is 26.0 Å². The lowest BCUT2D eigenvalue weighted by Gasteiger charge is -2.35. The zero-order valence-corrected chi connectivity index (χ0v) is 13.4. The molecule has 2 aromatic heterocycles. The highest BCUT2D eigenvalue weighted by atomic mass is 16.6. The van der Waals surface area contributed by atoms with Gasteiger partial charge in [0.15, 0.2) is 6.10 Å². The molecule has 0 saturated heterocycles.